The first-order valence-electron chi connectivity index (χ1n) is 12.6. The Morgan fingerprint density at radius 3 is 2.65 bits per heavy atom. The number of aliphatic hydroxyl groups excluding tert-OH is 1. The molecule has 0 amide bonds. The van der Waals surface area contributed by atoms with Crippen molar-refractivity contribution < 1.29 is 5.11 Å². The highest BCUT2D eigenvalue weighted by Crippen LogP contribution is 2.54. The highest BCUT2D eigenvalue weighted by Gasteiger charge is 2.44. The molecule has 3 fully saturated rings. The van der Waals surface area contributed by atoms with Gasteiger partial charge in [-0.3, -0.25) is 4.68 Å². The van der Waals surface area contributed by atoms with Crippen LogP contribution in [0.5, 0.6) is 0 Å². The van der Waals surface area contributed by atoms with E-state index in [-0.39, 0.29) is 6.61 Å². The molecule has 3 aliphatic rings. The lowest BCUT2D eigenvalue weighted by atomic mass is 9.85. The Bertz CT molecular complexity index is 1120. The van der Waals surface area contributed by atoms with Crippen LogP contribution < -0.4 is 9.62 Å². The molecule has 6 rings (SSSR count). The van der Waals surface area contributed by atoms with E-state index in [9.17, 15) is 0 Å². The van der Waals surface area contributed by atoms with Crippen molar-refractivity contribution >= 4 is 23.3 Å². The Labute approximate surface area is 204 Å². The van der Waals surface area contributed by atoms with Crippen LogP contribution in [0.1, 0.15) is 44.9 Å². The molecule has 9 heteroatoms. The van der Waals surface area contributed by atoms with Crippen molar-refractivity contribution in [3.8, 4) is 17.1 Å². The zero-order valence-corrected chi connectivity index (χ0v) is 20.4. The summed E-state index contributed by atoms with van der Waals surface area (Å²) in [6, 6.07) is 8.44. The molecule has 34 heavy (non-hydrogen) atoms. The third-order valence-corrected chi connectivity index (χ3v) is 8.56. The molecular formula is C25H33N7OS. The van der Waals surface area contributed by atoms with Gasteiger partial charge in [0, 0.05) is 37.3 Å². The van der Waals surface area contributed by atoms with Gasteiger partial charge in [-0.25, -0.2) is 4.68 Å². The fraction of sp³-hybridized carbons (Fsp3) is 0.560. The maximum atomic E-state index is 9.11. The van der Waals surface area contributed by atoms with E-state index in [4.69, 9.17) is 10.2 Å². The van der Waals surface area contributed by atoms with Crippen molar-refractivity contribution in [1.29, 1.82) is 0 Å². The highest BCUT2D eigenvalue weighted by atomic mass is 32.2. The smallest absolute Gasteiger partial charge is 0.133 e. The summed E-state index contributed by atoms with van der Waals surface area (Å²) in [4.78, 5) is 2.50. The monoisotopic (exact) mass is 479 g/mol. The zero-order chi connectivity index (χ0) is 23.0. The molecule has 1 spiro atoms. The number of hydrogen-bond donors (Lipinski definition) is 2. The first-order valence-corrected chi connectivity index (χ1v) is 13.5. The molecule has 0 unspecified atom stereocenters. The quantitative estimate of drug-likeness (QED) is 0.348. The average molecular weight is 480 g/mol. The maximum absolute atomic E-state index is 9.11. The largest absolute Gasteiger partial charge is 0.395 e. The minimum absolute atomic E-state index is 0.162. The molecule has 2 saturated carbocycles. The second-order valence-corrected chi connectivity index (χ2v) is 11.0. The molecule has 0 atom stereocenters. The van der Waals surface area contributed by atoms with Gasteiger partial charge in [-0.2, -0.15) is 5.10 Å². The minimum atomic E-state index is 0.162. The zero-order valence-electron chi connectivity index (χ0n) is 19.6. The first-order chi connectivity index (χ1) is 16.7. The number of aromatic nitrogens is 5. The molecule has 3 aromatic rings. The second kappa shape index (κ2) is 9.26. The van der Waals surface area contributed by atoms with Gasteiger partial charge >= 0.3 is 0 Å². The molecule has 3 heterocycles. The van der Waals surface area contributed by atoms with Crippen LogP contribution in [0, 0.1) is 11.3 Å². The van der Waals surface area contributed by atoms with Gasteiger partial charge in [0.25, 0.3) is 0 Å². The molecule has 1 saturated heterocycles. The van der Waals surface area contributed by atoms with E-state index in [2.05, 4.69) is 49.0 Å². The summed E-state index contributed by atoms with van der Waals surface area (Å²) in [6.45, 7) is 3.31. The molecule has 180 valence electrons. The Kier molecular flexibility index (Phi) is 5.99. The summed E-state index contributed by atoms with van der Waals surface area (Å²) in [5.41, 5.74) is 5.56. The number of aliphatic hydroxyl groups is 1. The fourth-order valence-electron chi connectivity index (χ4n) is 5.15. The Balaban J connectivity index is 1.25. The number of anilines is 2. The Morgan fingerprint density at radius 1 is 1.06 bits per heavy atom. The Hall–Kier alpha value is -2.52. The number of nitrogens with one attached hydrogen (secondary N) is 1. The van der Waals surface area contributed by atoms with Gasteiger partial charge in [0.1, 0.15) is 11.4 Å². The van der Waals surface area contributed by atoms with Crippen molar-refractivity contribution in [3.05, 3.63) is 36.7 Å². The van der Waals surface area contributed by atoms with E-state index in [1.165, 1.54) is 62.6 Å². The number of rotatable bonds is 9. The molecule has 2 N–H and O–H groups in total. The first kappa shape index (κ1) is 22.0. The average Bonchev–Trinajstić information content (AvgIpc) is 3.22. The second-order valence-electron chi connectivity index (χ2n) is 10.1. The predicted molar refractivity (Wildman–Crippen MR) is 136 cm³/mol. The van der Waals surface area contributed by atoms with Crippen LogP contribution in [0.2, 0.25) is 0 Å². The van der Waals surface area contributed by atoms with Crippen LogP contribution in [-0.4, -0.2) is 55.3 Å². The normalized spacial score (nSPS) is 19.4. The fourth-order valence-corrected chi connectivity index (χ4v) is 5.64. The summed E-state index contributed by atoms with van der Waals surface area (Å²) in [6.07, 6.45) is 13.4. The lowest BCUT2D eigenvalue weighted by Gasteiger charge is -2.35. The van der Waals surface area contributed by atoms with E-state index in [0.717, 1.165) is 48.3 Å². The standard InChI is InChI=1S/C25H33N7OS/c33-14-15-34-28-20-4-5-23(24(16-20)30-12-9-25(7-8-25)10-13-30)32-18-22(26-29-32)21-6-11-31(27-21)17-19-2-1-3-19/h4-6,11,16,18-19,28,33H,1-3,7-10,12-15,17H2. The van der Waals surface area contributed by atoms with E-state index >= 15 is 0 Å². The van der Waals surface area contributed by atoms with E-state index in [0.29, 0.717) is 11.2 Å². The lowest BCUT2D eigenvalue weighted by Crippen LogP contribution is -2.35. The van der Waals surface area contributed by atoms with Crippen LogP contribution in [0.15, 0.2) is 36.7 Å². The molecule has 2 aliphatic carbocycles. The van der Waals surface area contributed by atoms with E-state index in [1.54, 1.807) is 0 Å². The SMILES string of the molecule is OCCSNc1ccc(-n2cc(-c3ccn(CC4CCC4)n3)nn2)c(N2CCC3(CC2)CC3)c1. The third-order valence-electron chi connectivity index (χ3n) is 7.79. The summed E-state index contributed by atoms with van der Waals surface area (Å²) < 4.78 is 7.30. The number of benzene rings is 1. The number of nitrogens with zero attached hydrogens (tertiary/aromatic N) is 6. The van der Waals surface area contributed by atoms with Crippen molar-refractivity contribution in [1.82, 2.24) is 24.8 Å². The molecular weight excluding hydrogens is 446 g/mol. The van der Waals surface area contributed by atoms with Crippen molar-refractivity contribution in [3.63, 3.8) is 0 Å². The molecule has 0 bridgehead atoms. The predicted octanol–water partition coefficient (Wildman–Crippen LogP) is 4.36. The number of hydrogen-bond acceptors (Lipinski definition) is 7. The van der Waals surface area contributed by atoms with Crippen molar-refractivity contribution in [2.75, 3.05) is 35.1 Å². The van der Waals surface area contributed by atoms with E-state index < -0.39 is 0 Å². The van der Waals surface area contributed by atoms with Crippen molar-refractivity contribution in [2.24, 2.45) is 11.3 Å². The van der Waals surface area contributed by atoms with E-state index in [1.807, 2.05) is 16.9 Å². The van der Waals surface area contributed by atoms with Crippen LogP contribution in [0.25, 0.3) is 17.1 Å². The van der Waals surface area contributed by atoms with Crippen LogP contribution >= 0.6 is 11.9 Å². The van der Waals surface area contributed by atoms with Crippen LogP contribution in [0.3, 0.4) is 0 Å². The minimum Gasteiger partial charge on any atom is -0.395 e. The Morgan fingerprint density at radius 2 is 1.91 bits per heavy atom. The van der Waals surface area contributed by atoms with Gasteiger partial charge < -0.3 is 14.7 Å². The summed E-state index contributed by atoms with van der Waals surface area (Å²) in [7, 11) is 0. The topological polar surface area (TPSA) is 84.0 Å². The summed E-state index contributed by atoms with van der Waals surface area (Å²) >= 11 is 1.52. The molecule has 2 aromatic heterocycles. The van der Waals surface area contributed by atoms with Crippen LogP contribution in [-0.2, 0) is 6.54 Å². The van der Waals surface area contributed by atoms with Gasteiger partial charge in [-0.15, -0.1) is 5.10 Å². The number of piperidine rings is 1. The molecule has 8 nitrogen and oxygen atoms in total. The highest BCUT2D eigenvalue weighted by molar-refractivity contribution is 8.00. The third kappa shape index (κ3) is 4.55. The summed E-state index contributed by atoms with van der Waals surface area (Å²) in [5.74, 6) is 1.43. The lowest BCUT2D eigenvalue weighted by molar-refractivity contribution is 0.266. The molecule has 1 aliphatic heterocycles. The van der Waals surface area contributed by atoms with Gasteiger partial charge in [0.15, 0.2) is 0 Å². The maximum Gasteiger partial charge on any atom is 0.133 e. The van der Waals surface area contributed by atoms with Gasteiger partial charge in [-0.1, -0.05) is 23.6 Å². The summed E-state index contributed by atoms with van der Waals surface area (Å²) in [5, 5.41) is 22.8. The van der Waals surface area contributed by atoms with Gasteiger partial charge in [0.2, 0.25) is 0 Å². The van der Waals surface area contributed by atoms with Crippen LogP contribution in [0.4, 0.5) is 11.4 Å². The van der Waals surface area contributed by atoms with Gasteiger partial charge in [-0.05, 0) is 74.1 Å². The van der Waals surface area contributed by atoms with Crippen molar-refractivity contribution in [2.45, 2.75) is 51.5 Å². The molecule has 0 radical (unpaired) electrons. The van der Waals surface area contributed by atoms with Gasteiger partial charge in [0.05, 0.1) is 24.2 Å². The molecule has 1 aromatic carbocycles.